The highest BCUT2D eigenvalue weighted by molar-refractivity contribution is 5.65. The molecule has 8 heteroatoms. The van der Waals surface area contributed by atoms with Crippen molar-refractivity contribution in [1.29, 1.82) is 0 Å². The van der Waals surface area contributed by atoms with Crippen molar-refractivity contribution in [2.75, 3.05) is 12.3 Å². The third kappa shape index (κ3) is 4.46. The molecular weight excluding hydrogens is 420 g/mol. The SMILES string of the molecule is Nc1ncnn2c(C3(O)OC(COCc4ccccc4)CC3OCc3ccccc3)ccc12. The van der Waals surface area contributed by atoms with E-state index < -0.39 is 11.9 Å². The second-order valence-corrected chi connectivity index (χ2v) is 8.12. The van der Waals surface area contributed by atoms with Crippen molar-refractivity contribution in [3.8, 4) is 0 Å². The first kappa shape index (κ1) is 21.5. The van der Waals surface area contributed by atoms with E-state index in [1.54, 1.807) is 16.6 Å². The van der Waals surface area contributed by atoms with E-state index in [4.69, 9.17) is 19.9 Å². The number of aliphatic hydroxyl groups is 1. The fourth-order valence-corrected chi connectivity index (χ4v) is 4.16. The van der Waals surface area contributed by atoms with Gasteiger partial charge in [-0.15, -0.1) is 0 Å². The monoisotopic (exact) mass is 446 g/mol. The third-order valence-electron chi connectivity index (χ3n) is 5.82. The summed E-state index contributed by atoms with van der Waals surface area (Å²) < 4.78 is 19.8. The lowest BCUT2D eigenvalue weighted by Gasteiger charge is -2.28. The van der Waals surface area contributed by atoms with Gasteiger partial charge in [0.15, 0.2) is 5.82 Å². The van der Waals surface area contributed by atoms with Crippen molar-refractivity contribution in [3.05, 3.63) is 95.9 Å². The molecule has 0 aliphatic carbocycles. The Hall–Kier alpha value is -3.30. The van der Waals surface area contributed by atoms with Crippen LogP contribution in [0.2, 0.25) is 0 Å². The van der Waals surface area contributed by atoms with Crippen LogP contribution in [0.3, 0.4) is 0 Å². The molecule has 170 valence electrons. The van der Waals surface area contributed by atoms with Gasteiger partial charge in [-0.3, -0.25) is 0 Å². The Labute approximate surface area is 191 Å². The smallest absolute Gasteiger partial charge is 0.237 e. The molecule has 1 aliphatic heterocycles. The van der Waals surface area contributed by atoms with E-state index in [2.05, 4.69) is 10.1 Å². The molecule has 8 nitrogen and oxygen atoms in total. The summed E-state index contributed by atoms with van der Waals surface area (Å²) in [5.41, 5.74) is 9.10. The normalized spacial score (nSPS) is 22.7. The lowest BCUT2D eigenvalue weighted by molar-refractivity contribution is -0.254. The first-order valence-electron chi connectivity index (χ1n) is 10.9. The average Bonchev–Trinajstić information content (AvgIpc) is 3.42. The molecule has 1 aliphatic rings. The number of benzene rings is 2. The molecule has 0 amide bonds. The molecule has 5 rings (SSSR count). The molecule has 1 saturated heterocycles. The number of hydrogen-bond acceptors (Lipinski definition) is 7. The Morgan fingerprint density at radius 1 is 1.00 bits per heavy atom. The van der Waals surface area contributed by atoms with Crippen molar-refractivity contribution in [2.45, 2.75) is 37.6 Å². The quantitative estimate of drug-likeness (QED) is 0.429. The fraction of sp³-hybridized carbons (Fsp3) is 0.280. The van der Waals surface area contributed by atoms with Crippen LogP contribution in [0.4, 0.5) is 5.82 Å². The summed E-state index contributed by atoms with van der Waals surface area (Å²) in [6.45, 7) is 1.13. The van der Waals surface area contributed by atoms with E-state index in [1.807, 2.05) is 60.7 Å². The minimum atomic E-state index is -1.72. The summed E-state index contributed by atoms with van der Waals surface area (Å²) in [6, 6.07) is 23.3. The number of aromatic nitrogens is 3. The van der Waals surface area contributed by atoms with Gasteiger partial charge >= 0.3 is 0 Å². The summed E-state index contributed by atoms with van der Waals surface area (Å²) in [6.07, 6.45) is 0.831. The van der Waals surface area contributed by atoms with E-state index in [-0.39, 0.29) is 6.10 Å². The van der Waals surface area contributed by atoms with Crippen LogP contribution in [-0.2, 0) is 33.2 Å². The Morgan fingerprint density at radius 3 is 2.42 bits per heavy atom. The molecule has 4 aromatic rings. The first-order chi connectivity index (χ1) is 16.1. The third-order valence-corrected chi connectivity index (χ3v) is 5.82. The number of anilines is 1. The van der Waals surface area contributed by atoms with Crippen LogP contribution in [0, 0.1) is 0 Å². The minimum Gasteiger partial charge on any atom is -0.382 e. The predicted molar refractivity (Wildman–Crippen MR) is 122 cm³/mol. The Morgan fingerprint density at radius 2 is 1.70 bits per heavy atom. The fourth-order valence-electron chi connectivity index (χ4n) is 4.16. The molecule has 2 aromatic heterocycles. The Balaban J connectivity index is 1.36. The first-order valence-corrected chi connectivity index (χ1v) is 10.9. The van der Waals surface area contributed by atoms with Crippen molar-refractivity contribution < 1.29 is 19.3 Å². The van der Waals surface area contributed by atoms with Crippen LogP contribution in [0.25, 0.3) is 5.52 Å². The maximum Gasteiger partial charge on any atom is 0.237 e. The van der Waals surface area contributed by atoms with Crippen LogP contribution >= 0.6 is 0 Å². The standard InChI is InChI=1S/C25H26N4O4/c26-24-21-11-12-22(29(21)28-17-27-24)25(30)23(32-15-19-9-5-2-6-10-19)13-20(33-25)16-31-14-18-7-3-1-4-8-18/h1-12,17,20,23,30H,13-16H2,(H2,26,27,28). The lowest BCUT2D eigenvalue weighted by Crippen LogP contribution is -2.39. The van der Waals surface area contributed by atoms with Gasteiger partial charge in [0.2, 0.25) is 5.79 Å². The molecule has 3 atom stereocenters. The van der Waals surface area contributed by atoms with Gasteiger partial charge in [-0.1, -0.05) is 60.7 Å². The van der Waals surface area contributed by atoms with Gasteiger partial charge in [-0.25, -0.2) is 9.50 Å². The summed E-state index contributed by atoms with van der Waals surface area (Å²) in [5, 5.41) is 16.0. The molecule has 3 unspecified atom stereocenters. The van der Waals surface area contributed by atoms with E-state index in [0.717, 1.165) is 11.1 Å². The Bertz CT molecular complexity index is 1200. The van der Waals surface area contributed by atoms with Crippen LogP contribution in [0.1, 0.15) is 23.2 Å². The molecule has 33 heavy (non-hydrogen) atoms. The molecule has 0 spiro atoms. The van der Waals surface area contributed by atoms with E-state index >= 15 is 0 Å². The van der Waals surface area contributed by atoms with Gasteiger partial charge in [0.25, 0.3) is 0 Å². The number of nitrogens with zero attached hydrogens (tertiary/aromatic N) is 3. The number of rotatable bonds is 8. The second-order valence-electron chi connectivity index (χ2n) is 8.12. The van der Waals surface area contributed by atoms with E-state index in [9.17, 15) is 5.11 Å². The van der Waals surface area contributed by atoms with Gasteiger partial charge in [0.1, 0.15) is 23.6 Å². The maximum absolute atomic E-state index is 11.7. The largest absolute Gasteiger partial charge is 0.382 e. The van der Waals surface area contributed by atoms with E-state index in [0.29, 0.717) is 43.3 Å². The van der Waals surface area contributed by atoms with Gasteiger partial charge in [0, 0.05) is 6.42 Å². The molecule has 2 aromatic carbocycles. The average molecular weight is 447 g/mol. The molecule has 0 radical (unpaired) electrons. The highest BCUT2D eigenvalue weighted by atomic mass is 16.7. The number of hydrogen-bond donors (Lipinski definition) is 2. The van der Waals surface area contributed by atoms with Gasteiger partial charge in [0.05, 0.1) is 25.9 Å². The van der Waals surface area contributed by atoms with Crippen molar-refractivity contribution in [3.63, 3.8) is 0 Å². The zero-order valence-electron chi connectivity index (χ0n) is 18.1. The molecule has 3 N–H and O–H groups in total. The summed E-state index contributed by atoms with van der Waals surface area (Å²) in [5.74, 6) is -1.40. The highest BCUT2D eigenvalue weighted by Crippen LogP contribution is 2.40. The van der Waals surface area contributed by atoms with Crippen LogP contribution in [0.15, 0.2) is 79.1 Å². The number of nitrogens with two attached hydrogens (primary N) is 1. The zero-order chi connectivity index (χ0) is 22.7. The summed E-state index contributed by atoms with van der Waals surface area (Å²) >= 11 is 0. The molecule has 3 heterocycles. The molecule has 1 fully saturated rings. The van der Waals surface area contributed by atoms with Crippen LogP contribution in [0.5, 0.6) is 0 Å². The maximum atomic E-state index is 11.7. The molecular formula is C25H26N4O4. The van der Waals surface area contributed by atoms with Crippen LogP contribution < -0.4 is 5.73 Å². The number of fused-ring (bicyclic) bond motifs is 1. The second kappa shape index (κ2) is 9.29. The van der Waals surface area contributed by atoms with Gasteiger partial charge < -0.3 is 25.1 Å². The predicted octanol–water partition coefficient (Wildman–Crippen LogP) is 3.05. The van der Waals surface area contributed by atoms with Crippen molar-refractivity contribution in [1.82, 2.24) is 14.6 Å². The lowest BCUT2D eigenvalue weighted by atomic mass is 10.0. The zero-order valence-corrected chi connectivity index (χ0v) is 18.1. The summed E-state index contributed by atoms with van der Waals surface area (Å²) in [4.78, 5) is 4.02. The summed E-state index contributed by atoms with van der Waals surface area (Å²) in [7, 11) is 0. The number of ether oxygens (including phenoxy) is 3. The minimum absolute atomic E-state index is 0.322. The van der Waals surface area contributed by atoms with Crippen molar-refractivity contribution in [2.24, 2.45) is 0 Å². The molecule has 0 bridgehead atoms. The Kier molecular flexibility index (Phi) is 6.06. The highest BCUT2D eigenvalue weighted by Gasteiger charge is 2.51. The van der Waals surface area contributed by atoms with Crippen LogP contribution in [-0.4, -0.2) is 38.5 Å². The van der Waals surface area contributed by atoms with Crippen molar-refractivity contribution >= 4 is 11.3 Å². The van der Waals surface area contributed by atoms with Gasteiger partial charge in [-0.05, 0) is 23.3 Å². The molecule has 0 saturated carbocycles. The van der Waals surface area contributed by atoms with E-state index in [1.165, 1.54) is 6.33 Å². The topological polar surface area (TPSA) is 104 Å². The van der Waals surface area contributed by atoms with Gasteiger partial charge in [-0.2, -0.15) is 5.10 Å². The number of nitrogen functional groups attached to an aromatic ring is 1.